The van der Waals surface area contributed by atoms with Crippen LogP contribution in [-0.4, -0.2) is 12.6 Å². The summed E-state index contributed by atoms with van der Waals surface area (Å²) >= 11 is 5.92. The van der Waals surface area contributed by atoms with E-state index in [1.165, 1.54) is 6.42 Å². The van der Waals surface area contributed by atoms with Crippen molar-refractivity contribution in [3.05, 3.63) is 29.3 Å². The third-order valence-electron chi connectivity index (χ3n) is 4.56. The Labute approximate surface area is 127 Å². The maximum absolute atomic E-state index is 6.20. The molecule has 0 heterocycles. The Kier molecular flexibility index (Phi) is 4.98. The molecule has 0 bridgehead atoms. The maximum atomic E-state index is 6.20. The molecule has 3 heteroatoms. The monoisotopic (exact) mass is 295 g/mol. The quantitative estimate of drug-likeness (QED) is 0.890. The lowest BCUT2D eigenvalue weighted by Gasteiger charge is -2.41. The van der Waals surface area contributed by atoms with Crippen molar-refractivity contribution >= 4 is 11.6 Å². The van der Waals surface area contributed by atoms with Crippen molar-refractivity contribution in [2.45, 2.75) is 46.1 Å². The van der Waals surface area contributed by atoms with Gasteiger partial charge < -0.3 is 10.5 Å². The highest BCUT2D eigenvalue weighted by Gasteiger charge is 2.36. The molecule has 1 aromatic rings. The van der Waals surface area contributed by atoms with E-state index < -0.39 is 0 Å². The Bertz CT molecular complexity index is 424. The van der Waals surface area contributed by atoms with Crippen molar-refractivity contribution in [2.24, 2.45) is 23.0 Å². The van der Waals surface area contributed by atoms with Crippen LogP contribution in [0.5, 0.6) is 5.75 Å². The van der Waals surface area contributed by atoms with Crippen LogP contribution >= 0.6 is 11.6 Å². The van der Waals surface area contributed by atoms with Gasteiger partial charge in [0.15, 0.2) is 0 Å². The zero-order valence-electron chi connectivity index (χ0n) is 12.7. The first-order chi connectivity index (χ1) is 9.40. The van der Waals surface area contributed by atoms with Gasteiger partial charge in [-0.2, -0.15) is 0 Å². The first-order valence-electron chi connectivity index (χ1n) is 7.52. The topological polar surface area (TPSA) is 35.2 Å². The van der Waals surface area contributed by atoms with Crippen LogP contribution in [-0.2, 0) is 0 Å². The lowest BCUT2D eigenvalue weighted by atomic mass is 9.68. The third-order valence-corrected chi connectivity index (χ3v) is 4.81. The van der Waals surface area contributed by atoms with E-state index in [0.29, 0.717) is 23.8 Å². The maximum Gasteiger partial charge on any atom is 0.119 e. The second-order valence-corrected chi connectivity index (χ2v) is 7.42. The molecular formula is C17H26ClNO. The van der Waals surface area contributed by atoms with Crippen molar-refractivity contribution < 1.29 is 4.74 Å². The van der Waals surface area contributed by atoms with Crippen LogP contribution in [0, 0.1) is 17.3 Å². The predicted molar refractivity (Wildman–Crippen MR) is 85.2 cm³/mol. The summed E-state index contributed by atoms with van der Waals surface area (Å²) in [6.07, 6.45) is 3.73. The number of rotatable bonds is 3. The van der Waals surface area contributed by atoms with Crippen molar-refractivity contribution in [3.63, 3.8) is 0 Å². The number of hydrogen-bond acceptors (Lipinski definition) is 2. The molecule has 0 radical (unpaired) electrons. The Hall–Kier alpha value is -0.730. The molecule has 1 aliphatic carbocycles. The summed E-state index contributed by atoms with van der Waals surface area (Å²) in [7, 11) is 0. The third kappa shape index (κ3) is 3.89. The van der Waals surface area contributed by atoms with Crippen LogP contribution < -0.4 is 10.5 Å². The number of halogens is 1. The summed E-state index contributed by atoms with van der Waals surface area (Å²) in [5.41, 5.74) is 6.26. The molecule has 0 saturated heterocycles. The molecule has 3 unspecified atom stereocenters. The van der Waals surface area contributed by atoms with E-state index in [1.807, 2.05) is 24.3 Å². The predicted octanol–water partition coefficient (Wildman–Crippen LogP) is 4.51. The summed E-state index contributed by atoms with van der Waals surface area (Å²) in [6, 6.07) is 7.63. The van der Waals surface area contributed by atoms with Crippen LogP contribution in [0.2, 0.25) is 5.02 Å². The number of nitrogens with two attached hydrogens (primary N) is 1. The largest absolute Gasteiger partial charge is 0.490 e. The first-order valence-corrected chi connectivity index (χ1v) is 7.90. The standard InChI is InChI=1S/C17H26ClNO/c1-17(2,3)13-5-4-12(11-19)16(10-13)20-15-8-6-14(18)7-9-15/h6-9,12-13,16H,4-5,10-11,19H2,1-3H3. The summed E-state index contributed by atoms with van der Waals surface area (Å²) < 4.78 is 6.20. The van der Waals surface area contributed by atoms with Crippen molar-refractivity contribution in [3.8, 4) is 5.75 Å². The first kappa shape index (κ1) is 15.7. The molecule has 2 nitrogen and oxygen atoms in total. The lowest BCUT2D eigenvalue weighted by molar-refractivity contribution is 0.0331. The van der Waals surface area contributed by atoms with Crippen LogP contribution in [0.3, 0.4) is 0 Å². The van der Waals surface area contributed by atoms with Gasteiger partial charge >= 0.3 is 0 Å². The van der Waals surface area contributed by atoms with Crippen molar-refractivity contribution in [1.82, 2.24) is 0 Å². The van der Waals surface area contributed by atoms with Gasteiger partial charge in [-0.3, -0.25) is 0 Å². The average Bonchev–Trinajstić information content (AvgIpc) is 2.40. The van der Waals surface area contributed by atoms with Gasteiger partial charge in [-0.15, -0.1) is 0 Å². The molecule has 20 heavy (non-hydrogen) atoms. The van der Waals surface area contributed by atoms with Crippen molar-refractivity contribution in [1.29, 1.82) is 0 Å². The average molecular weight is 296 g/mol. The highest BCUT2D eigenvalue weighted by molar-refractivity contribution is 6.30. The van der Waals surface area contributed by atoms with Gasteiger partial charge in [0.1, 0.15) is 11.9 Å². The van der Waals surface area contributed by atoms with E-state index in [0.717, 1.165) is 23.6 Å². The minimum Gasteiger partial charge on any atom is -0.490 e. The molecule has 0 aromatic heterocycles. The summed E-state index contributed by atoms with van der Waals surface area (Å²) in [5.74, 6) is 2.05. The number of hydrogen-bond donors (Lipinski definition) is 1. The molecule has 2 rings (SSSR count). The van der Waals surface area contributed by atoms with E-state index in [4.69, 9.17) is 22.1 Å². The molecule has 112 valence electrons. The van der Waals surface area contributed by atoms with Crippen LogP contribution in [0.25, 0.3) is 0 Å². The fourth-order valence-corrected chi connectivity index (χ4v) is 3.21. The summed E-state index contributed by atoms with van der Waals surface area (Å²) in [6.45, 7) is 7.66. The highest BCUT2D eigenvalue weighted by Crippen LogP contribution is 2.41. The lowest BCUT2D eigenvalue weighted by Crippen LogP contribution is -2.41. The minimum absolute atomic E-state index is 0.221. The number of ether oxygens (including phenoxy) is 1. The minimum atomic E-state index is 0.221. The fraction of sp³-hybridized carbons (Fsp3) is 0.647. The SMILES string of the molecule is CC(C)(C)C1CCC(CN)C(Oc2ccc(Cl)cc2)C1. The second kappa shape index (κ2) is 6.36. The van der Waals surface area contributed by atoms with Gasteiger partial charge in [0.2, 0.25) is 0 Å². The van der Waals surface area contributed by atoms with Crippen LogP contribution in [0.1, 0.15) is 40.0 Å². The zero-order chi connectivity index (χ0) is 14.8. The molecule has 0 aliphatic heterocycles. The molecule has 1 aliphatic rings. The Morgan fingerprint density at radius 3 is 2.40 bits per heavy atom. The van der Waals surface area contributed by atoms with Gasteiger partial charge in [0.05, 0.1) is 0 Å². The molecule has 3 atom stereocenters. The fourth-order valence-electron chi connectivity index (χ4n) is 3.08. The van der Waals surface area contributed by atoms with Gasteiger partial charge in [0, 0.05) is 10.9 Å². The molecule has 1 aromatic carbocycles. The van der Waals surface area contributed by atoms with Crippen LogP contribution in [0.15, 0.2) is 24.3 Å². The van der Waals surface area contributed by atoms with E-state index in [1.54, 1.807) is 0 Å². The van der Waals surface area contributed by atoms with E-state index in [9.17, 15) is 0 Å². The van der Waals surface area contributed by atoms with E-state index in [2.05, 4.69) is 20.8 Å². The Morgan fingerprint density at radius 2 is 1.85 bits per heavy atom. The second-order valence-electron chi connectivity index (χ2n) is 6.98. The molecule has 1 saturated carbocycles. The summed E-state index contributed by atoms with van der Waals surface area (Å²) in [4.78, 5) is 0. The zero-order valence-corrected chi connectivity index (χ0v) is 13.5. The van der Waals surface area contributed by atoms with Gasteiger partial charge in [-0.05, 0) is 61.4 Å². The van der Waals surface area contributed by atoms with Gasteiger partial charge in [-0.1, -0.05) is 32.4 Å². The Balaban J connectivity index is 2.07. The highest BCUT2D eigenvalue weighted by atomic mass is 35.5. The summed E-state index contributed by atoms with van der Waals surface area (Å²) in [5, 5.41) is 0.740. The molecule has 1 fully saturated rings. The normalized spacial score (nSPS) is 27.4. The molecule has 0 spiro atoms. The number of benzene rings is 1. The van der Waals surface area contributed by atoms with E-state index in [-0.39, 0.29) is 6.10 Å². The van der Waals surface area contributed by atoms with Crippen molar-refractivity contribution in [2.75, 3.05) is 6.54 Å². The van der Waals surface area contributed by atoms with Gasteiger partial charge in [-0.25, -0.2) is 0 Å². The van der Waals surface area contributed by atoms with Gasteiger partial charge in [0.25, 0.3) is 0 Å². The Morgan fingerprint density at radius 1 is 1.20 bits per heavy atom. The molecular weight excluding hydrogens is 270 g/mol. The smallest absolute Gasteiger partial charge is 0.119 e. The van der Waals surface area contributed by atoms with Crippen LogP contribution in [0.4, 0.5) is 0 Å². The molecule has 2 N–H and O–H groups in total. The van der Waals surface area contributed by atoms with E-state index >= 15 is 0 Å². The molecule has 0 amide bonds.